The Morgan fingerprint density at radius 2 is 2.00 bits per heavy atom. The van der Waals surface area contributed by atoms with Gasteiger partial charge in [0.05, 0.1) is 12.2 Å². The quantitative estimate of drug-likeness (QED) is 0.719. The van der Waals surface area contributed by atoms with Gasteiger partial charge in [-0.3, -0.25) is 4.79 Å². The summed E-state index contributed by atoms with van der Waals surface area (Å²) in [5.74, 6) is 1.22. The molecule has 0 saturated carbocycles. The predicted molar refractivity (Wildman–Crippen MR) is 107 cm³/mol. The van der Waals surface area contributed by atoms with Gasteiger partial charge in [0, 0.05) is 19.2 Å². The van der Waals surface area contributed by atoms with Crippen LogP contribution in [-0.4, -0.2) is 27.3 Å². The van der Waals surface area contributed by atoms with Crippen LogP contribution in [0.1, 0.15) is 23.2 Å². The molecule has 0 radical (unpaired) electrons. The largest absolute Gasteiger partial charge is 0.457 e. The van der Waals surface area contributed by atoms with E-state index in [1.165, 1.54) is 12.1 Å². The molecule has 2 aromatic carbocycles. The van der Waals surface area contributed by atoms with Crippen molar-refractivity contribution in [1.82, 2.24) is 14.9 Å². The molecule has 0 unspecified atom stereocenters. The lowest BCUT2D eigenvalue weighted by atomic mass is 10.1. The van der Waals surface area contributed by atoms with Gasteiger partial charge in [-0.15, -0.1) is 0 Å². The van der Waals surface area contributed by atoms with Crippen molar-refractivity contribution in [3.63, 3.8) is 0 Å². The van der Waals surface area contributed by atoms with Gasteiger partial charge in [-0.25, -0.2) is 14.4 Å². The monoisotopic (exact) mass is 392 g/mol. The fourth-order valence-corrected chi connectivity index (χ4v) is 3.34. The molecular formula is C22H21FN4O2. The number of hydrogen-bond acceptors (Lipinski definition) is 5. The van der Waals surface area contributed by atoms with Crippen LogP contribution in [0.15, 0.2) is 54.7 Å². The minimum Gasteiger partial charge on any atom is -0.457 e. The molecule has 2 N–H and O–H groups in total. The number of fused-ring (bicyclic) bond motifs is 1. The zero-order valence-electron chi connectivity index (χ0n) is 15.8. The fraction of sp³-hybridized carbons (Fsp3) is 0.227. The normalized spacial score (nSPS) is 13.1. The standard InChI is InChI=1S/C22H21FN4O2/c23-17-5-7-18(8-6-17)29-19-3-1-2-15(12-19)4-9-21(28)27-11-10-16-13-25-22(24)26-20(16)14-27/h1-3,5-8,12-13H,4,9-11,14H2,(H2,24,25,26). The van der Waals surface area contributed by atoms with E-state index in [1.54, 1.807) is 18.3 Å². The molecule has 1 aliphatic rings. The van der Waals surface area contributed by atoms with Crippen LogP contribution < -0.4 is 10.5 Å². The zero-order valence-corrected chi connectivity index (χ0v) is 15.8. The smallest absolute Gasteiger partial charge is 0.223 e. The van der Waals surface area contributed by atoms with Crippen molar-refractivity contribution in [1.29, 1.82) is 0 Å². The molecule has 0 fully saturated rings. The van der Waals surface area contributed by atoms with E-state index in [1.807, 2.05) is 29.2 Å². The lowest BCUT2D eigenvalue weighted by Gasteiger charge is -2.28. The van der Waals surface area contributed by atoms with Gasteiger partial charge in [0.1, 0.15) is 17.3 Å². The minimum atomic E-state index is -0.306. The minimum absolute atomic E-state index is 0.0812. The van der Waals surface area contributed by atoms with Crippen LogP contribution in [0.3, 0.4) is 0 Å². The maximum Gasteiger partial charge on any atom is 0.223 e. The van der Waals surface area contributed by atoms with E-state index in [0.29, 0.717) is 37.4 Å². The number of hydrogen-bond donors (Lipinski definition) is 1. The van der Waals surface area contributed by atoms with Crippen LogP contribution in [0, 0.1) is 5.82 Å². The number of halogens is 1. The van der Waals surface area contributed by atoms with Crippen LogP contribution in [0.4, 0.5) is 10.3 Å². The van der Waals surface area contributed by atoms with Gasteiger partial charge < -0.3 is 15.4 Å². The van der Waals surface area contributed by atoms with Crippen molar-refractivity contribution in [2.24, 2.45) is 0 Å². The molecule has 0 spiro atoms. The van der Waals surface area contributed by atoms with Crippen molar-refractivity contribution in [3.05, 3.63) is 77.4 Å². The summed E-state index contributed by atoms with van der Waals surface area (Å²) in [7, 11) is 0. The molecule has 1 aliphatic heterocycles. The second-order valence-corrected chi connectivity index (χ2v) is 6.97. The van der Waals surface area contributed by atoms with E-state index in [2.05, 4.69) is 9.97 Å². The number of nitrogens with two attached hydrogens (primary N) is 1. The van der Waals surface area contributed by atoms with Crippen LogP contribution in [0.25, 0.3) is 0 Å². The second kappa shape index (κ2) is 8.26. The molecule has 7 heteroatoms. The van der Waals surface area contributed by atoms with E-state index in [0.717, 1.165) is 23.2 Å². The maximum absolute atomic E-state index is 13.0. The van der Waals surface area contributed by atoms with Crippen molar-refractivity contribution in [3.8, 4) is 11.5 Å². The molecule has 148 valence electrons. The Hall–Kier alpha value is -3.48. The Morgan fingerprint density at radius 3 is 2.83 bits per heavy atom. The van der Waals surface area contributed by atoms with Crippen molar-refractivity contribution in [2.45, 2.75) is 25.8 Å². The molecule has 4 rings (SSSR count). The summed E-state index contributed by atoms with van der Waals surface area (Å²) >= 11 is 0. The SMILES string of the molecule is Nc1ncc2c(n1)CN(C(=O)CCc1cccc(Oc3ccc(F)cc3)c1)CC2. The van der Waals surface area contributed by atoms with Gasteiger partial charge in [0.2, 0.25) is 11.9 Å². The molecule has 0 atom stereocenters. The van der Waals surface area contributed by atoms with Crippen LogP contribution in [0.2, 0.25) is 0 Å². The highest BCUT2D eigenvalue weighted by atomic mass is 19.1. The summed E-state index contributed by atoms with van der Waals surface area (Å²) in [6.45, 7) is 1.13. The first kappa shape index (κ1) is 18.9. The molecule has 0 aliphatic carbocycles. The Balaban J connectivity index is 1.35. The van der Waals surface area contributed by atoms with Gasteiger partial charge >= 0.3 is 0 Å². The average Bonchev–Trinajstić information content (AvgIpc) is 2.73. The van der Waals surface area contributed by atoms with Crippen LogP contribution in [0.5, 0.6) is 11.5 Å². The molecule has 6 nitrogen and oxygen atoms in total. The Bertz CT molecular complexity index is 1020. The number of ether oxygens (including phenoxy) is 1. The summed E-state index contributed by atoms with van der Waals surface area (Å²) in [5, 5.41) is 0. The molecular weight excluding hydrogens is 371 g/mol. The third kappa shape index (κ3) is 4.68. The van der Waals surface area contributed by atoms with E-state index >= 15 is 0 Å². The molecule has 1 amide bonds. The number of aryl methyl sites for hydroxylation is 1. The van der Waals surface area contributed by atoms with Gasteiger partial charge in [0.15, 0.2) is 0 Å². The molecule has 3 aromatic rings. The van der Waals surface area contributed by atoms with E-state index < -0.39 is 0 Å². The highest BCUT2D eigenvalue weighted by Crippen LogP contribution is 2.23. The van der Waals surface area contributed by atoms with E-state index in [-0.39, 0.29) is 17.7 Å². The summed E-state index contributed by atoms with van der Waals surface area (Å²) in [4.78, 5) is 22.7. The number of anilines is 1. The molecule has 1 aromatic heterocycles. The Kier molecular flexibility index (Phi) is 5.37. The maximum atomic E-state index is 13.0. The molecule has 29 heavy (non-hydrogen) atoms. The fourth-order valence-electron chi connectivity index (χ4n) is 3.34. The van der Waals surface area contributed by atoms with Crippen molar-refractivity contribution in [2.75, 3.05) is 12.3 Å². The lowest BCUT2D eigenvalue weighted by molar-refractivity contribution is -0.132. The highest BCUT2D eigenvalue weighted by molar-refractivity contribution is 5.76. The number of carbonyl (C=O) groups is 1. The third-order valence-electron chi connectivity index (χ3n) is 4.89. The Morgan fingerprint density at radius 1 is 1.17 bits per heavy atom. The van der Waals surface area contributed by atoms with Crippen molar-refractivity contribution < 1.29 is 13.9 Å². The summed E-state index contributed by atoms with van der Waals surface area (Å²) in [6.07, 6.45) is 3.49. The summed E-state index contributed by atoms with van der Waals surface area (Å²) in [6, 6.07) is 13.4. The van der Waals surface area contributed by atoms with Gasteiger partial charge in [-0.05, 0) is 60.4 Å². The predicted octanol–water partition coefficient (Wildman–Crippen LogP) is 3.51. The van der Waals surface area contributed by atoms with Crippen LogP contribution in [-0.2, 0) is 24.2 Å². The number of benzene rings is 2. The number of carbonyl (C=O) groups excluding carboxylic acids is 1. The third-order valence-corrected chi connectivity index (χ3v) is 4.89. The molecule has 2 heterocycles. The number of nitrogen functional groups attached to an aromatic ring is 1. The Labute approximate surface area is 168 Å². The number of rotatable bonds is 5. The van der Waals surface area contributed by atoms with Crippen molar-refractivity contribution >= 4 is 11.9 Å². The first-order chi connectivity index (χ1) is 14.1. The van der Waals surface area contributed by atoms with E-state index in [9.17, 15) is 9.18 Å². The van der Waals surface area contributed by atoms with Gasteiger partial charge in [0.25, 0.3) is 0 Å². The number of nitrogens with zero attached hydrogens (tertiary/aromatic N) is 3. The highest BCUT2D eigenvalue weighted by Gasteiger charge is 2.22. The molecule has 0 bridgehead atoms. The van der Waals surface area contributed by atoms with Gasteiger partial charge in [-0.1, -0.05) is 12.1 Å². The zero-order chi connectivity index (χ0) is 20.2. The topological polar surface area (TPSA) is 81.3 Å². The molecule has 0 saturated heterocycles. The van der Waals surface area contributed by atoms with E-state index in [4.69, 9.17) is 10.5 Å². The number of aromatic nitrogens is 2. The van der Waals surface area contributed by atoms with Crippen LogP contribution >= 0.6 is 0 Å². The number of amides is 1. The lowest BCUT2D eigenvalue weighted by Crippen LogP contribution is -2.36. The first-order valence-electron chi connectivity index (χ1n) is 9.47. The van der Waals surface area contributed by atoms with Gasteiger partial charge in [-0.2, -0.15) is 0 Å². The summed E-state index contributed by atoms with van der Waals surface area (Å²) < 4.78 is 18.8. The second-order valence-electron chi connectivity index (χ2n) is 6.97. The average molecular weight is 392 g/mol. The first-order valence-corrected chi connectivity index (χ1v) is 9.47. The summed E-state index contributed by atoms with van der Waals surface area (Å²) in [5.41, 5.74) is 8.54.